The summed E-state index contributed by atoms with van der Waals surface area (Å²) in [5.74, 6) is 1.74. The minimum absolute atomic E-state index is 0.222. The minimum Gasteiger partial charge on any atom is -0.497 e. The molecule has 0 saturated carbocycles. The fourth-order valence-electron chi connectivity index (χ4n) is 4.33. The number of hydrogen-bond acceptors (Lipinski definition) is 4. The van der Waals surface area contributed by atoms with E-state index in [1.54, 1.807) is 7.11 Å². The second kappa shape index (κ2) is 9.94. The summed E-state index contributed by atoms with van der Waals surface area (Å²) in [6, 6.07) is 17.3. The molecule has 0 bridgehead atoms. The van der Waals surface area contributed by atoms with E-state index in [0.29, 0.717) is 11.7 Å². The Morgan fingerprint density at radius 3 is 1.73 bits per heavy atom. The van der Waals surface area contributed by atoms with Gasteiger partial charge >= 0.3 is 5.97 Å². The van der Waals surface area contributed by atoms with Crippen molar-refractivity contribution in [1.29, 1.82) is 0 Å². The van der Waals surface area contributed by atoms with Gasteiger partial charge in [0.15, 0.2) is 16.6 Å². The zero-order chi connectivity index (χ0) is 22.5. The topological polar surface area (TPSA) is 44.8 Å². The van der Waals surface area contributed by atoms with Crippen molar-refractivity contribution in [2.24, 2.45) is 5.92 Å². The Kier molecular flexibility index (Phi) is 8.08. The lowest BCUT2D eigenvalue weighted by atomic mass is 9.82. The van der Waals surface area contributed by atoms with Crippen LogP contribution in [0.3, 0.4) is 0 Å². The number of carbonyl (C=O) groups excluding carboxylic acids is 1. The standard InChI is InChI=1S/C24H36O4Si2/c1-18(17-30(7,8)28-29(4,5)6)24(20-9-13-22(26-3)14-10-20)21-11-15-23(16-12-21)27-19(2)25/h9-16,18,24H,17H2,1-8H3. The van der Waals surface area contributed by atoms with Crippen LogP contribution in [0.2, 0.25) is 38.8 Å². The van der Waals surface area contributed by atoms with Gasteiger partial charge < -0.3 is 13.6 Å². The number of hydrogen-bond donors (Lipinski definition) is 0. The first-order valence-electron chi connectivity index (χ1n) is 10.5. The van der Waals surface area contributed by atoms with E-state index >= 15 is 0 Å². The van der Waals surface area contributed by atoms with Crippen molar-refractivity contribution in [2.75, 3.05) is 7.11 Å². The van der Waals surface area contributed by atoms with Gasteiger partial charge in [-0.25, -0.2) is 0 Å². The molecule has 0 spiro atoms. The largest absolute Gasteiger partial charge is 0.497 e. The maximum Gasteiger partial charge on any atom is 0.308 e. The second-order valence-corrected chi connectivity index (χ2v) is 18.5. The van der Waals surface area contributed by atoms with Gasteiger partial charge in [0.2, 0.25) is 0 Å². The molecule has 0 heterocycles. The SMILES string of the molecule is COc1ccc(C(c2ccc(OC(C)=O)cc2)C(C)C[Si](C)(C)O[Si](C)(C)C)cc1. The molecule has 2 aromatic rings. The van der Waals surface area contributed by atoms with E-state index in [9.17, 15) is 4.79 Å². The van der Waals surface area contributed by atoms with Gasteiger partial charge in [-0.1, -0.05) is 31.2 Å². The highest BCUT2D eigenvalue weighted by Gasteiger charge is 2.34. The second-order valence-electron chi connectivity index (χ2n) is 9.57. The molecular formula is C24H36O4Si2. The molecule has 0 fully saturated rings. The van der Waals surface area contributed by atoms with E-state index in [1.807, 2.05) is 24.3 Å². The summed E-state index contributed by atoms with van der Waals surface area (Å²) in [6.07, 6.45) is 0. The molecule has 164 valence electrons. The van der Waals surface area contributed by atoms with Gasteiger partial charge in [0, 0.05) is 12.8 Å². The Morgan fingerprint density at radius 2 is 1.33 bits per heavy atom. The number of esters is 1. The third kappa shape index (κ3) is 7.41. The van der Waals surface area contributed by atoms with E-state index in [0.717, 1.165) is 11.8 Å². The number of methoxy groups -OCH3 is 1. The molecule has 0 radical (unpaired) electrons. The van der Waals surface area contributed by atoms with Gasteiger partial charge in [-0.2, -0.15) is 0 Å². The van der Waals surface area contributed by atoms with Gasteiger partial charge in [-0.15, -0.1) is 0 Å². The summed E-state index contributed by atoms with van der Waals surface area (Å²) in [5, 5.41) is 0. The third-order valence-electron chi connectivity index (χ3n) is 4.94. The molecule has 0 saturated heterocycles. The molecule has 0 aliphatic heterocycles. The fraction of sp³-hybridized carbons (Fsp3) is 0.458. The lowest BCUT2D eigenvalue weighted by Gasteiger charge is -2.36. The quantitative estimate of drug-likeness (QED) is 0.253. The van der Waals surface area contributed by atoms with Gasteiger partial charge in [-0.3, -0.25) is 4.79 Å². The molecule has 2 atom stereocenters. The van der Waals surface area contributed by atoms with E-state index < -0.39 is 16.6 Å². The molecule has 6 heteroatoms. The normalized spacial score (nSPS) is 14.1. The smallest absolute Gasteiger partial charge is 0.308 e. The summed E-state index contributed by atoms with van der Waals surface area (Å²) in [5.41, 5.74) is 2.46. The van der Waals surface area contributed by atoms with Gasteiger partial charge in [-0.05, 0) is 80.1 Å². The Morgan fingerprint density at radius 1 is 0.867 bits per heavy atom. The van der Waals surface area contributed by atoms with Gasteiger partial charge in [0.1, 0.15) is 11.5 Å². The van der Waals surface area contributed by atoms with Crippen LogP contribution in [0.1, 0.15) is 30.9 Å². The van der Waals surface area contributed by atoms with Crippen molar-refractivity contribution in [2.45, 2.75) is 58.5 Å². The van der Waals surface area contributed by atoms with Crippen molar-refractivity contribution in [1.82, 2.24) is 0 Å². The van der Waals surface area contributed by atoms with Gasteiger partial charge in [0.05, 0.1) is 7.11 Å². The molecule has 0 N–H and O–H groups in total. The lowest BCUT2D eigenvalue weighted by Crippen LogP contribution is -2.43. The molecule has 0 aliphatic rings. The molecule has 2 rings (SSSR count). The first-order chi connectivity index (χ1) is 13.9. The Labute approximate surface area is 183 Å². The van der Waals surface area contributed by atoms with Crippen LogP contribution in [0.15, 0.2) is 48.5 Å². The number of rotatable bonds is 9. The highest BCUT2D eigenvalue weighted by Crippen LogP contribution is 2.38. The van der Waals surface area contributed by atoms with Crippen LogP contribution in [0.25, 0.3) is 0 Å². The number of carbonyl (C=O) groups is 1. The predicted molar refractivity (Wildman–Crippen MR) is 128 cm³/mol. The van der Waals surface area contributed by atoms with E-state index in [-0.39, 0.29) is 11.9 Å². The van der Waals surface area contributed by atoms with Crippen molar-refractivity contribution < 1.29 is 18.4 Å². The van der Waals surface area contributed by atoms with E-state index in [4.69, 9.17) is 13.6 Å². The fourth-order valence-corrected chi connectivity index (χ4v) is 13.1. The van der Waals surface area contributed by atoms with Crippen LogP contribution in [0.5, 0.6) is 11.5 Å². The summed E-state index contributed by atoms with van der Waals surface area (Å²) < 4.78 is 17.2. The van der Waals surface area contributed by atoms with Crippen molar-refractivity contribution >= 4 is 22.6 Å². The summed E-state index contributed by atoms with van der Waals surface area (Å²) >= 11 is 0. The molecular weight excluding hydrogens is 408 g/mol. The molecule has 2 unspecified atom stereocenters. The van der Waals surface area contributed by atoms with E-state index in [1.165, 1.54) is 18.1 Å². The van der Waals surface area contributed by atoms with Crippen molar-refractivity contribution in [3.05, 3.63) is 59.7 Å². The van der Waals surface area contributed by atoms with Crippen LogP contribution in [0.4, 0.5) is 0 Å². The molecule has 0 aromatic heterocycles. The van der Waals surface area contributed by atoms with Crippen LogP contribution in [0, 0.1) is 5.92 Å². The molecule has 0 amide bonds. The summed E-state index contributed by atoms with van der Waals surface area (Å²) in [7, 11) is -1.72. The highest BCUT2D eigenvalue weighted by molar-refractivity contribution is 6.84. The van der Waals surface area contributed by atoms with Crippen molar-refractivity contribution in [3.63, 3.8) is 0 Å². The van der Waals surface area contributed by atoms with Crippen LogP contribution in [-0.4, -0.2) is 29.7 Å². The van der Waals surface area contributed by atoms with E-state index in [2.05, 4.69) is 63.9 Å². The average Bonchev–Trinajstić information content (AvgIpc) is 2.61. The molecule has 2 aromatic carbocycles. The zero-order valence-electron chi connectivity index (χ0n) is 19.6. The predicted octanol–water partition coefficient (Wildman–Crippen LogP) is 6.45. The molecule has 30 heavy (non-hydrogen) atoms. The van der Waals surface area contributed by atoms with Crippen LogP contribution in [-0.2, 0) is 8.91 Å². The highest BCUT2D eigenvalue weighted by atomic mass is 28.4. The minimum atomic E-state index is -1.81. The first kappa shape index (κ1) is 24.4. The monoisotopic (exact) mass is 444 g/mol. The molecule has 4 nitrogen and oxygen atoms in total. The Bertz CT molecular complexity index is 824. The zero-order valence-corrected chi connectivity index (χ0v) is 21.6. The summed E-state index contributed by atoms with van der Waals surface area (Å²) in [6.45, 7) is 15.2. The average molecular weight is 445 g/mol. The first-order valence-corrected chi connectivity index (χ1v) is 17.0. The van der Waals surface area contributed by atoms with Crippen LogP contribution >= 0.6 is 0 Å². The Balaban J connectivity index is 2.36. The van der Waals surface area contributed by atoms with Crippen LogP contribution < -0.4 is 9.47 Å². The number of ether oxygens (including phenoxy) is 2. The molecule has 0 aliphatic carbocycles. The number of benzene rings is 2. The van der Waals surface area contributed by atoms with Crippen molar-refractivity contribution in [3.8, 4) is 11.5 Å². The summed E-state index contributed by atoms with van der Waals surface area (Å²) in [4.78, 5) is 11.3. The third-order valence-corrected chi connectivity index (χ3v) is 11.2. The van der Waals surface area contributed by atoms with Gasteiger partial charge in [0.25, 0.3) is 0 Å². The lowest BCUT2D eigenvalue weighted by molar-refractivity contribution is -0.131. The Hall–Kier alpha value is -1.90. The maximum absolute atomic E-state index is 11.3. The maximum atomic E-state index is 11.3.